The van der Waals surface area contributed by atoms with Crippen LogP contribution >= 0.6 is 0 Å². The maximum Gasteiger partial charge on any atom is 0.338 e. The molecule has 0 unspecified atom stereocenters. The van der Waals surface area contributed by atoms with Crippen molar-refractivity contribution in [3.63, 3.8) is 0 Å². The highest BCUT2D eigenvalue weighted by Gasteiger charge is 2.30. The summed E-state index contributed by atoms with van der Waals surface area (Å²) >= 11 is 0. The summed E-state index contributed by atoms with van der Waals surface area (Å²) in [6.45, 7) is 13.3. The molecule has 0 aromatic heterocycles. The average molecular weight is 586 g/mol. The molecule has 0 heterocycles. The van der Waals surface area contributed by atoms with Gasteiger partial charge in [0.25, 0.3) is 0 Å². The van der Waals surface area contributed by atoms with Crippen LogP contribution in [0.1, 0.15) is 37.6 Å². The lowest BCUT2D eigenvalue weighted by molar-refractivity contribution is -0.142. The van der Waals surface area contributed by atoms with Gasteiger partial charge in [-0.2, -0.15) is 0 Å². The predicted octanol–water partition coefficient (Wildman–Crippen LogP) is 2.47. The van der Waals surface area contributed by atoms with Crippen LogP contribution in [0.15, 0.2) is 48.6 Å². The van der Waals surface area contributed by atoms with E-state index in [9.17, 15) is 22.8 Å². The van der Waals surface area contributed by atoms with E-state index in [1.165, 1.54) is 24.3 Å². The van der Waals surface area contributed by atoms with E-state index in [1.54, 1.807) is 13.8 Å². The van der Waals surface area contributed by atoms with Gasteiger partial charge in [0.2, 0.25) is 10.9 Å². The highest BCUT2D eigenvalue weighted by Crippen LogP contribution is 2.24. The second-order valence-corrected chi connectivity index (χ2v) is 9.66. The summed E-state index contributed by atoms with van der Waals surface area (Å²) in [5, 5.41) is 0. The summed E-state index contributed by atoms with van der Waals surface area (Å²) in [7, 11) is -2.80. The van der Waals surface area contributed by atoms with E-state index in [0.29, 0.717) is 23.3 Å². The summed E-state index contributed by atoms with van der Waals surface area (Å²) in [5.41, 5.74) is 0.607. The van der Waals surface area contributed by atoms with Gasteiger partial charge in [-0.25, -0.2) is 22.8 Å². The molecule has 13 heteroatoms. The Morgan fingerprint density at radius 1 is 0.750 bits per heavy atom. The highest BCUT2D eigenvalue weighted by atomic mass is 32.2. The summed E-state index contributed by atoms with van der Waals surface area (Å²) in [6.07, 6.45) is 0.610. The lowest BCUT2D eigenvalue weighted by Crippen LogP contribution is -2.38. The Morgan fingerprint density at radius 3 is 1.55 bits per heavy atom. The third-order valence-electron chi connectivity index (χ3n) is 5.40. The number of anilines is 1. The molecule has 0 saturated heterocycles. The van der Waals surface area contributed by atoms with Gasteiger partial charge in [0, 0.05) is 22.2 Å². The zero-order chi connectivity index (χ0) is 30.0. The second kappa shape index (κ2) is 18.9. The molecule has 0 spiro atoms. The van der Waals surface area contributed by atoms with E-state index in [-0.39, 0.29) is 65.0 Å². The SMILES string of the molecule is C=C(C)C(=O)OCCOCC(CC)(COCCOC(=O)C(=C)C)COCCOC(=O)c1ccc(N[SH](=O)=O)cc1. The van der Waals surface area contributed by atoms with Crippen LogP contribution in [0.4, 0.5) is 5.69 Å². The number of ether oxygens (including phenoxy) is 6. The van der Waals surface area contributed by atoms with Gasteiger partial charge in [-0.3, -0.25) is 4.72 Å². The van der Waals surface area contributed by atoms with Crippen LogP contribution in [0.5, 0.6) is 0 Å². The molecule has 1 aromatic rings. The molecular weight excluding hydrogens is 546 g/mol. The number of esters is 3. The quantitative estimate of drug-likeness (QED) is 0.0719. The van der Waals surface area contributed by atoms with Crippen molar-refractivity contribution in [1.29, 1.82) is 0 Å². The van der Waals surface area contributed by atoms with Crippen molar-refractivity contribution >= 4 is 34.5 Å². The molecule has 0 aliphatic carbocycles. The number of carbonyl (C=O) groups excluding carboxylic acids is 3. The Hall–Kier alpha value is -3.26. The number of hydrogen-bond donors (Lipinski definition) is 2. The van der Waals surface area contributed by atoms with Crippen molar-refractivity contribution in [1.82, 2.24) is 0 Å². The fraction of sp³-hybridized carbons (Fsp3) is 0.519. The smallest absolute Gasteiger partial charge is 0.338 e. The normalized spacial score (nSPS) is 11.1. The number of carbonyl (C=O) groups is 3. The van der Waals surface area contributed by atoms with Crippen molar-refractivity contribution in [2.75, 3.05) is 64.2 Å². The van der Waals surface area contributed by atoms with Crippen molar-refractivity contribution in [2.24, 2.45) is 5.41 Å². The van der Waals surface area contributed by atoms with E-state index in [0.717, 1.165) is 0 Å². The fourth-order valence-electron chi connectivity index (χ4n) is 2.99. The van der Waals surface area contributed by atoms with Crippen LogP contribution in [-0.4, -0.2) is 85.8 Å². The number of rotatable bonds is 21. The van der Waals surface area contributed by atoms with Crippen molar-refractivity contribution < 1.29 is 51.2 Å². The molecule has 0 bridgehead atoms. The van der Waals surface area contributed by atoms with Gasteiger partial charge in [-0.15, -0.1) is 0 Å². The first-order chi connectivity index (χ1) is 19.0. The molecule has 0 aliphatic rings. The van der Waals surface area contributed by atoms with Gasteiger partial charge in [-0.05, 0) is 44.5 Å². The first-order valence-corrected chi connectivity index (χ1v) is 13.7. The number of hydrogen-bond acceptors (Lipinski definition) is 11. The molecule has 0 radical (unpaired) electrons. The van der Waals surface area contributed by atoms with E-state index >= 15 is 0 Å². The van der Waals surface area contributed by atoms with Gasteiger partial charge >= 0.3 is 17.9 Å². The maximum atomic E-state index is 12.2. The molecule has 12 nitrogen and oxygen atoms in total. The van der Waals surface area contributed by atoms with Gasteiger partial charge in [0.15, 0.2) is 0 Å². The third-order valence-corrected chi connectivity index (χ3v) is 5.84. The van der Waals surface area contributed by atoms with Gasteiger partial charge < -0.3 is 28.4 Å². The largest absolute Gasteiger partial charge is 0.460 e. The summed E-state index contributed by atoms with van der Waals surface area (Å²) in [5.74, 6) is -1.57. The Labute approximate surface area is 236 Å². The van der Waals surface area contributed by atoms with Gasteiger partial charge in [-0.1, -0.05) is 20.1 Å². The zero-order valence-corrected chi connectivity index (χ0v) is 24.1. The van der Waals surface area contributed by atoms with E-state index in [1.807, 2.05) is 6.92 Å². The molecule has 0 aliphatic heterocycles. The van der Waals surface area contributed by atoms with Crippen LogP contribution in [0.2, 0.25) is 0 Å². The van der Waals surface area contributed by atoms with Crippen LogP contribution in [-0.2, 0) is 48.9 Å². The maximum absolute atomic E-state index is 12.2. The van der Waals surface area contributed by atoms with E-state index in [2.05, 4.69) is 17.9 Å². The van der Waals surface area contributed by atoms with Crippen LogP contribution < -0.4 is 4.72 Å². The van der Waals surface area contributed by atoms with Crippen LogP contribution in [0.25, 0.3) is 0 Å². The lowest BCUT2D eigenvalue weighted by Gasteiger charge is -2.32. The van der Waals surface area contributed by atoms with Gasteiger partial charge in [0.05, 0.1) is 45.2 Å². The minimum atomic E-state index is -2.80. The fourth-order valence-corrected chi connectivity index (χ4v) is 3.35. The minimum Gasteiger partial charge on any atom is -0.460 e. The molecule has 0 fully saturated rings. The molecule has 1 aromatic carbocycles. The lowest BCUT2D eigenvalue weighted by atomic mass is 9.88. The van der Waals surface area contributed by atoms with E-state index < -0.39 is 34.2 Å². The highest BCUT2D eigenvalue weighted by molar-refractivity contribution is 7.73. The van der Waals surface area contributed by atoms with E-state index in [4.69, 9.17) is 28.4 Å². The molecule has 40 heavy (non-hydrogen) atoms. The summed E-state index contributed by atoms with van der Waals surface area (Å²) in [6, 6.07) is 5.80. The molecule has 0 saturated carbocycles. The Bertz CT molecular complexity index is 1020. The molecule has 0 amide bonds. The standard InChI is InChI=1S/C27H39NO11S/c1-6-27(17-34-11-14-37-24(29)20(2)3,18-35-12-15-38-25(30)21(4)5)19-36-13-16-39-26(31)22-7-9-23(10-8-22)28-40(32)33/h7-10,40H,2,4,6,11-19H2,1,3,5H3,(H,28,32,33). The molecule has 0 atom stereocenters. The van der Waals surface area contributed by atoms with Crippen molar-refractivity contribution in [3.8, 4) is 0 Å². The topological polar surface area (TPSA) is 153 Å². The summed E-state index contributed by atoms with van der Waals surface area (Å²) < 4.78 is 56.2. The minimum absolute atomic E-state index is 0.0134. The first-order valence-electron chi connectivity index (χ1n) is 12.6. The number of nitrogens with one attached hydrogen (secondary N) is 1. The number of thiol groups is 1. The van der Waals surface area contributed by atoms with Crippen LogP contribution in [0.3, 0.4) is 0 Å². The van der Waals surface area contributed by atoms with Gasteiger partial charge in [0.1, 0.15) is 19.8 Å². The zero-order valence-electron chi connectivity index (χ0n) is 23.2. The van der Waals surface area contributed by atoms with Crippen molar-refractivity contribution in [3.05, 3.63) is 54.1 Å². The Balaban J connectivity index is 2.57. The first kappa shape index (κ1) is 34.8. The molecular formula is C27H39NO11S. The second-order valence-electron chi connectivity index (χ2n) is 8.93. The molecule has 1 rings (SSSR count). The Morgan fingerprint density at radius 2 is 1.18 bits per heavy atom. The monoisotopic (exact) mass is 585 g/mol. The van der Waals surface area contributed by atoms with Crippen molar-refractivity contribution in [2.45, 2.75) is 27.2 Å². The van der Waals surface area contributed by atoms with Crippen LogP contribution in [0, 0.1) is 5.41 Å². The summed E-state index contributed by atoms with van der Waals surface area (Å²) in [4.78, 5) is 35.3. The molecule has 1 N–H and O–H groups in total. The number of benzene rings is 1. The third kappa shape index (κ3) is 14.2. The predicted molar refractivity (Wildman–Crippen MR) is 147 cm³/mol. The molecule has 224 valence electrons. The average Bonchev–Trinajstić information content (AvgIpc) is 2.91. The Kier molecular flexibility index (Phi) is 16.4.